The number of hydrogen-bond donors (Lipinski definition) is 3. The first-order valence-electron chi connectivity index (χ1n) is 13.1. The molecule has 0 aliphatic carbocycles. The fraction of sp³-hybridized carbons (Fsp3) is 0.182. The van der Waals surface area contributed by atoms with E-state index < -0.39 is 0 Å². The zero-order valence-corrected chi connectivity index (χ0v) is 25.6. The molecule has 3 N–H and O–H groups in total. The minimum atomic E-state index is 0.306. The smallest absolute Gasteiger partial charge is 0.0565 e. The molecule has 0 spiro atoms. The van der Waals surface area contributed by atoms with E-state index in [0.717, 1.165) is 38.7 Å². The van der Waals surface area contributed by atoms with Gasteiger partial charge in [0.1, 0.15) is 0 Å². The molecule has 0 radical (unpaired) electrons. The molecule has 4 aromatic carbocycles. The van der Waals surface area contributed by atoms with Gasteiger partial charge in [0.05, 0.1) is 6.20 Å². The van der Waals surface area contributed by atoms with Crippen molar-refractivity contribution in [1.29, 1.82) is 0 Å². The van der Waals surface area contributed by atoms with E-state index in [1.54, 1.807) is 0 Å². The van der Waals surface area contributed by atoms with Gasteiger partial charge in [0.15, 0.2) is 0 Å². The Balaban J connectivity index is 0.000000189. The van der Waals surface area contributed by atoms with Crippen LogP contribution in [0.25, 0.3) is 11.1 Å². The highest BCUT2D eigenvalue weighted by Gasteiger charge is 2.14. The molecule has 0 saturated heterocycles. The van der Waals surface area contributed by atoms with Crippen molar-refractivity contribution in [1.82, 2.24) is 20.8 Å². The molecule has 0 aliphatic heterocycles. The van der Waals surface area contributed by atoms with Gasteiger partial charge in [0, 0.05) is 51.2 Å². The predicted molar refractivity (Wildman–Crippen MR) is 173 cm³/mol. The van der Waals surface area contributed by atoms with E-state index >= 15 is 0 Å². The summed E-state index contributed by atoms with van der Waals surface area (Å²) in [6.07, 6.45) is 3.73. The van der Waals surface area contributed by atoms with Crippen LogP contribution in [0.15, 0.2) is 114 Å². The maximum Gasteiger partial charge on any atom is 0.0565 e. The number of aromatic amines is 1. The zero-order chi connectivity index (χ0) is 28.3. The Morgan fingerprint density at radius 3 is 1.40 bits per heavy atom. The average Bonchev–Trinajstić information content (AvgIpc) is 3.52. The van der Waals surface area contributed by atoms with Crippen LogP contribution in [-0.2, 0) is 0 Å². The Bertz CT molecular complexity index is 1380. The summed E-state index contributed by atoms with van der Waals surface area (Å²) in [5.74, 6) is 0.654. The lowest BCUT2D eigenvalue weighted by molar-refractivity contribution is 0.708. The summed E-state index contributed by atoms with van der Waals surface area (Å²) in [5.41, 5.74) is 7.38. The summed E-state index contributed by atoms with van der Waals surface area (Å²) in [4.78, 5) is 0. The van der Waals surface area contributed by atoms with Crippen LogP contribution in [0, 0.1) is 0 Å². The maximum absolute atomic E-state index is 5.99. The predicted octanol–water partition coefficient (Wildman–Crippen LogP) is 8.54. The summed E-state index contributed by atoms with van der Waals surface area (Å²) in [6.45, 7) is 1.79. The second-order valence-electron chi connectivity index (χ2n) is 9.48. The molecule has 40 heavy (non-hydrogen) atoms. The number of benzene rings is 4. The van der Waals surface area contributed by atoms with E-state index in [2.05, 4.69) is 110 Å². The van der Waals surface area contributed by atoms with Crippen LogP contribution in [0.5, 0.6) is 0 Å². The second kappa shape index (κ2) is 15.2. The molecule has 2 unspecified atom stereocenters. The molecule has 206 valence electrons. The highest BCUT2D eigenvalue weighted by atomic mass is 79.9. The molecule has 0 saturated carbocycles. The van der Waals surface area contributed by atoms with E-state index in [-0.39, 0.29) is 0 Å². The Hall–Kier alpha value is -2.93. The van der Waals surface area contributed by atoms with Gasteiger partial charge in [-0.1, -0.05) is 99.8 Å². The number of H-pyrrole nitrogens is 1. The van der Waals surface area contributed by atoms with E-state index in [4.69, 9.17) is 23.2 Å². The number of rotatable bonds is 9. The van der Waals surface area contributed by atoms with Crippen molar-refractivity contribution in [2.24, 2.45) is 0 Å². The Morgan fingerprint density at radius 2 is 1.02 bits per heavy atom. The van der Waals surface area contributed by atoms with Crippen LogP contribution in [0.3, 0.4) is 0 Å². The van der Waals surface area contributed by atoms with E-state index in [1.165, 1.54) is 22.3 Å². The largest absolute Gasteiger partial charge is 0.319 e. The third-order valence-electron chi connectivity index (χ3n) is 6.78. The van der Waals surface area contributed by atoms with E-state index in [9.17, 15) is 0 Å². The van der Waals surface area contributed by atoms with Crippen LogP contribution in [-0.4, -0.2) is 37.4 Å². The monoisotopic (exact) mass is 634 g/mol. The molecule has 5 rings (SSSR count). The minimum Gasteiger partial charge on any atom is -0.319 e. The Morgan fingerprint density at radius 1 is 0.625 bits per heavy atom. The summed E-state index contributed by atoms with van der Waals surface area (Å²) < 4.78 is 1.10. The zero-order valence-electron chi connectivity index (χ0n) is 22.5. The highest BCUT2D eigenvalue weighted by Crippen LogP contribution is 2.28. The van der Waals surface area contributed by atoms with Crippen LogP contribution < -0.4 is 10.6 Å². The average molecular weight is 636 g/mol. The molecular formula is C33H33BrCl2N4. The van der Waals surface area contributed by atoms with Gasteiger partial charge in [-0.3, -0.25) is 5.10 Å². The van der Waals surface area contributed by atoms with Crippen LogP contribution in [0.1, 0.15) is 34.1 Å². The van der Waals surface area contributed by atoms with Crippen LogP contribution in [0.4, 0.5) is 0 Å². The van der Waals surface area contributed by atoms with Crippen molar-refractivity contribution in [3.05, 3.63) is 146 Å². The topological polar surface area (TPSA) is 52.7 Å². The fourth-order valence-corrected chi connectivity index (χ4v) is 5.18. The Labute approximate surface area is 255 Å². The van der Waals surface area contributed by atoms with Crippen molar-refractivity contribution in [2.75, 3.05) is 27.2 Å². The lowest BCUT2D eigenvalue weighted by Crippen LogP contribution is -2.18. The van der Waals surface area contributed by atoms with Gasteiger partial charge >= 0.3 is 0 Å². The summed E-state index contributed by atoms with van der Waals surface area (Å²) >= 11 is 15.4. The van der Waals surface area contributed by atoms with Crippen molar-refractivity contribution in [2.45, 2.75) is 11.8 Å². The fourth-order valence-electron chi connectivity index (χ4n) is 4.67. The number of halogens is 3. The molecule has 1 heterocycles. The molecule has 2 atom stereocenters. The first-order chi connectivity index (χ1) is 19.5. The maximum atomic E-state index is 5.99. The molecular weight excluding hydrogens is 603 g/mol. The van der Waals surface area contributed by atoms with Gasteiger partial charge < -0.3 is 10.6 Å². The number of nitrogens with one attached hydrogen (secondary N) is 3. The van der Waals surface area contributed by atoms with Gasteiger partial charge in [-0.25, -0.2) is 0 Å². The number of aromatic nitrogens is 2. The number of nitrogens with zero attached hydrogens (tertiary/aromatic N) is 1. The number of hydrogen-bond acceptors (Lipinski definition) is 3. The molecule has 1 aromatic heterocycles. The minimum absolute atomic E-state index is 0.306. The molecule has 0 aliphatic rings. The highest BCUT2D eigenvalue weighted by molar-refractivity contribution is 9.10. The van der Waals surface area contributed by atoms with Gasteiger partial charge in [-0.2, -0.15) is 5.10 Å². The third kappa shape index (κ3) is 8.29. The SMILES string of the molecule is CNCC(c1ccc(Cl)cc1)c1ccc(-c2cn[nH]c2)cc1.CNCC(c1ccc(Cl)cc1)c1ccc(Br)cc1. The lowest BCUT2D eigenvalue weighted by atomic mass is 9.90. The second-order valence-corrected chi connectivity index (χ2v) is 11.3. The van der Waals surface area contributed by atoms with Crippen molar-refractivity contribution >= 4 is 39.1 Å². The Kier molecular flexibility index (Phi) is 11.4. The van der Waals surface area contributed by atoms with Crippen molar-refractivity contribution < 1.29 is 0 Å². The van der Waals surface area contributed by atoms with Gasteiger partial charge in [0.2, 0.25) is 0 Å². The van der Waals surface area contributed by atoms with Crippen molar-refractivity contribution in [3.8, 4) is 11.1 Å². The van der Waals surface area contributed by atoms with Crippen molar-refractivity contribution in [3.63, 3.8) is 0 Å². The van der Waals surface area contributed by atoms with E-state index in [0.29, 0.717) is 11.8 Å². The first-order valence-corrected chi connectivity index (χ1v) is 14.7. The molecule has 4 nitrogen and oxygen atoms in total. The van der Waals surface area contributed by atoms with Gasteiger partial charge in [0.25, 0.3) is 0 Å². The molecule has 5 aromatic rings. The molecule has 7 heteroatoms. The van der Waals surface area contributed by atoms with Crippen LogP contribution in [0.2, 0.25) is 10.0 Å². The first kappa shape index (κ1) is 30.0. The van der Waals surface area contributed by atoms with Gasteiger partial charge in [-0.15, -0.1) is 0 Å². The molecule has 0 fully saturated rings. The quantitative estimate of drug-likeness (QED) is 0.152. The van der Waals surface area contributed by atoms with E-state index in [1.807, 2.05) is 50.8 Å². The van der Waals surface area contributed by atoms with Gasteiger partial charge in [-0.05, 0) is 78.3 Å². The normalized spacial score (nSPS) is 12.3. The number of likely N-dealkylation sites (N-methyl/N-ethyl adjacent to an activating group) is 2. The molecule has 0 amide bonds. The third-order valence-corrected chi connectivity index (χ3v) is 7.81. The summed E-state index contributed by atoms with van der Waals surface area (Å²) in [7, 11) is 3.95. The van der Waals surface area contributed by atoms with Crippen LogP contribution >= 0.6 is 39.1 Å². The standard InChI is InChI=1S/C18H18ClN3.C15H15BrClN/c1-20-12-18(15-6-8-17(19)9-7-15)14-4-2-13(3-5-14)16-10-21-22-11-16;1-18-10-15(11-2-6-13(16)7-3-11)12-4-8-14(17)9-5-12/h2-11,18,20H,12H2,1H3,(H,21,22);2-9,15,18H,10H2,1H3. The molecule has 0 bridgehead atoms. The summed E-state index contributed by atoms with van der Waals surface area (Å²) in [5, 5.41) is 14.9. The summed E-state index contributed by atoms with van der Waals surface area (Å²) in [6, 6.07) is 33.2. The lowest BCUT2D eigenvalue weighted by Gasteiger charge is -2.18.